The van der Waals surface area contributed by atoms with Gasteiger partial charge in [-0.2, -0.15) is 0 Å². The second-order valence-electron chi connectivity index (χ2n) is 7.08. The van der Waals surface area contributed by atoms with Crippen molar-refractivity contribution in [2.75, 3.05) is 27.7 Å². The van der Waals surface area contributed by atoms with Gasteiger partial charge >= 0.3 is 0 Å². The topological polar surface area (TPSA) is 41.6 Å². The molecule has 1 amide bonds. The number of likely N-dealkylation sites (N-methyl/N-ethyl adjacent to an activating group) is 1. The summed E-state index contributed by atoms with van der Waals surface area (Å²) in [5.41, 5.74) is 1.40. The van der Waals surface area contributed by atoms with Crippen molar-refractivity contribution in [1.29, 1.82) is 0 Å². The molecule has 2 aliphatic rings. The van der Waals surface area contributed by atoms with E-state index < -0.39 is 0 Å². The molecule has 1 aromatic rings. The largest absolute Gasteiger partial charge is 0.495 e. The van der Waals surface area contributed by atoms with Crippen LogP contribution in [0, 0.1) is 0 Å². The second kappa shape index (κ2) is 6.81. The summed E-state index contributed by atoms with van der Waals surface area (Å²) in [5, 5.41) is 3.20. The Morgan fingerprint density at radius 3 is 2.57 bits per heavy atom. The zero-order chi connectivity index (χ0) is 16.4. The summed E-state index contributed by atoms with van der Waals surface area (Å²) >= 11 is 1.63. The van der Waals surface area contributed by atoms with Crippen LogP contribution in [0.25, 0.3) is 0 Å². The number of aryl methyl sites for hydroxylation is 1. The van der Waals surface area contributed by atoms with Crippen molar-refractivity contribution in [3.05, 3.63) is 15.3 Å². The lowest BCUT2D eigenvalue weighted by Crippen LogP contribution is -2.50. The first-order valence-electron chi connectivity index (χ1n) is 8.71. The van der Waals surface area contributed by atoms with Gasteiger partial charge in [0.25, 0.3) is 5.91 Å². The van der Waals surface area contributed by atoms with Gasteiger partial charge in [-0.1, -0.05) is 12.8 Å². The molecule has 128 valence electrons. The molecule has 0 bridgehead atoms. The molecule has 0 aromatic carbocycles. The second-order valence-corrected chi connectivity index (χ2v) is 8.19. The SMILES string of the molecule is COc1c(C(=O)NCC2(N(C)C)CCCC2)sc2c1CCCC2. The number of amides is 1. The molecule has 1 heterocycles. The van der Waals surface area contributed by atoms with Gasteiger partial charge in [-0.25, -0.2) is 0 Å². The molecule has 0 aliphatic heterocycles. The third kappa shape index (κ3) is 3.13. The average molecular weight is 337 g/mol. The maximum atomic E-state index is 12.8. The summed E-state index contributed by atoms with van der Waals surface area (Å²) in [7, 11) is 5.94. The zero-order valence-corrected chi connectivity index (χ0v) is 15.4. The van der Waals surface area contributed by atoms with Gasteiger partial charge in [0, 0.05) is 22.5 Å². The van der Waals surface area contributed by atoms with Gasteiger partial charge in [0.15, 0.2) is 0 Å². The molecule has 2 aliphatic carbocycles. The Morgan fingerprint density at radius 2 is 1.91 bits per heavy atom. The van der Waals surface area contributed by atoms with E-state index in [4.69, 9.17) is 4.74 Å². The van der Waals surface area contributed by atoms with Crippen LogP contribution in [-0.4, -0.2) is 44.1 Å². The van der Waals surface area contributed by atoms with Gasteiger partial charge in [0.2, 0.25) is 0 Å². The van der Waals surface area contributed by atoms with E-state index in [0.717, 1.165) is 30.0 Å². The van der Waals surface area contributed by atoms with Gasteiger partial charge in [-0.05, 0) is 52.6 Å². The minimum absolute atomic E-state index is 0.0365. The number of hydrogen-bond acceptors (Lipinski definition) is 4. The number of methoxy groups -OCH3 is 1. The monoisotopic (exact) mass is 336 g/mol. The molecular formula is C18H28N2O2S. The molecule has 1 N–H and O–H groups in total. The minimum Gasteiger partial charge on any atom is -0.495 e. The number of thiophene rings is 1. The highest BCUT2D eigenvalue weighted by atomic mass is 32.1. The fraction of sp³-hybridized carbons (Fsp3) is 0.722. The van der Waals surface area contributed by atoms with E-state index in [2.05, 4.69) is 24.3 Å². The molecule has 1 saturated carbocycles. The van der Waals surface area contributed by atoms with E-state index in [1.165, 1.54) is 49.0 Å². The molecule has 3 rings (SSSR count). The predicted molar refractivity (Wildman–Crippen MR) is 94.7 cm³/mol. The highest BCUT2D eigenvalue weighted by Gasteiger charge is 2.36. The Bertz CT molecular complexity index is 574. The third-order valence-electron chi connectivity index (χ3n) is 5.59. The van der Waals surface area contributed by atoms with Crippen LogP contribution in [0.15, 0.2) is 0 Å². The fourth-order valence-corrected chi connectivity index (χ4v) is 5.32. The summed E-state index contributed by atoms with van der Waals surface area (Å²) in [6.07, 6.45) is 9.40. The fourth-order valence-electron chi connectivity index (χ4n) is 4.04. The molecule has 0 radical (unpaired) electrons. The van der Waals surface area contributed by atoms with Crippen molar-refractivity contribution in [2.45, 2.75) is 56.9 Å². The molecule has 0 unspecified atom stereocenters. The molecule has 1 fully saturated rings. The standard InChI is InChI=1S/C18H28N2O2S/c1-20(2)18(10-6-7-11-18)12-19-17(21)16-15(22-3)13-8-4-5-9-14(13)23-16/h4-12H2,1-3H3,(H,19,21). The van der Waals surface area contributed by atoms with Crippen LogP contribution in [0.4, 0.5) is 0 Å². The molecule has 23 heavy (non-hydrogen) atoms. The van der Waals surface area contributed by atoms with E-state index in [-0.39, 0.29) is 11.4 Å². The minimum atomic E-state index is 0.0365. The third-order valence-corrected chi connectivity index (χ3v) is 6.87. The van der Waals surface area contributed by atoms with Crippen molar-refractivity contribution in [3.8, 4) is 5.75 Å². The molecule has 1 aromatic heterocycles. The van der Waals surface area contributed by atoms with Crippen molar-refractivity contribution < 1.29 is 9.53 Å². The Balaban J connectivity index is 1.75. The number of ether oxygens (including phenoxy) is 1. The van der Waals surface area contributed by atoms with Crippen molar-refractivity contribution >= 4 is 17.2 Å². The first-order chi connectivity index (χ1) is 11.1. The molecule has 0 spiro atoms. The quantitative estimate of drug-likeness (QED) is 0.897. The van der Waals surface area contributed by atoms with Crippen LogP contribution in [0.3, 0.4) is 0 Å². The summed E-state index contributed by atoms with van der Waals surface area (Å²) in [5.74, 6) is 0.863. The Hall–Kier alpha value is -1.07. The van der Waals surface area contributed by atoms with Gasteiger partial charge in [0.1, 0.15) is 10.6 Å². The number of carbonyl (C=O) groups excluding carboxylic acids is 1. The molecule has 0 atom stereocenters. The normalized spacial score (nSPS) is 19.7. The van der Waals surface area contributed by atoms with Crippen LogP contribution in [0.2, 0.25) is 0 Å². The zero-order valence-electron chi connectivity index (χ0n) is 14.5. The van der Waals surface area contributed by atoms with E-state index >= 15 is 0 Å². The predicted octanol–water partition coefficient (Wildman–Crippen LogP) is 3.24. The van der Waals surface area contributed by atoms with E-state index in [1.807, 2.05) is 0 Å². The summed E-state index contributed by atoms with van der Waals surface area (Å²) in [6.45, 7) is 0.727. The molecule has 4 nitrogen and oxygen atoms in total. The lowest BCUT2D eigenvalue weighted by molar-refractivity contribution is 0.0901. The van der Waals surface area contributed by atoms with Crippen molar-refractivity contribution in [3.63, 3.8) is 0 Å². The van der Waals surface area contributed by atoms with Gasteiger partial charge in [-0.3, -0.25) is 4.79 Å². The summed E-state index contributed by atoms with van der Waals surface area (Å²) < 4.78 is 5.59. The lowest BCUT2D eigenvalue weighted by atomic mass is 9.96. The van der Waals surface area contributed by atoms with Crippen molar-refractivity contribution in [2.24, 2.45) is 0 Å². The van der Waals surface area contributed by atoms with Crippen LogP contribution < -0.4 is 10.1 Å². The lowest BCUT2D eigenvalue weighted by Gasteiger charge is -2.36. The maximum absolute atomic E-state index is 12.8. The summed E-state index contributed by atoms with van der Waals surface area (Å²) in [4.78, 5) is 17.2. The molecular weight excluding hydrogens is 308 g/mol. The number of fused-ring (bicyclic) bond motifs is 1. The Morgan fingerprint density at radius 1 is 1.22 bits per heavy atom. The van der Waals surface area contributed by atoms with Crippen LogP contribution in [0.1, 0.15) is 58.6 Å². The molecule has 0 saturated heterocycles. The van der Waals surface area contributed by atoms with Crippen LogP contribution >= 0.6 is 11.3 Å². The number of carbonyl (C=O) groups is 1. The smallest absolute Gasteiger partial charge is 0.265 e. The Labute approximate surface area is 143 Å². The number of rotatable bonds is 5. The van der Waals surface area contributed by atoms with Crippen LogP contribution in [-0.2, 0) is 12.8 Å². The first kappa shape index (κ1) is 16.8. The highest BCUT2D eigenvalue weighted by molar-refractivity contribution is 7.14. The van der Waals surface area contributed by atoms with Crippen molar-refractivity contribution in [1.82, 2.24) is 10.2 Å². The maximum Gasteiger partial charge on any atom is 0.265 e. The van der Waals surface area contributed by atoms with E-state index in [1.54, 1.807) is 18.4 Å². The van der Waals surface area contributed by atoms with Crippen LogP contribution in [0.5, 0.6) is 5.75 Å². The van der Waals surface area contributed by atoms with E-state index in [9.17, 15) is 4.79 Å². The highest BCUT2D eigenvalue weighted by Crippen LogP contribution is 2.40. The van der Waals surface area contributed by atoms with E-state index in [0.29, 0.717) is 0 Å². The number of nitrogens with one attached hydrogen (secondary N) is 1. The first-order valence-corrected chi connectivity index (χ1v) is 9.53. The van der Waals surface area contributed by atoms with Gasteiger partial charge in [-0.15, -0.1) is 11.3 Å². The van der Waals surface area contributed by atoms with Gasteiger partial charge in [0.05, 0.1) is 7.11 Å². The summed E-state index contributed by atoms with van der Waals surface area (Å²) in [6, 6.07) is 0. The number of nitrogens with zero attached hydrogens (tertiary/aromatic N) is 1. The van der Waals surface area contributed by atoms with Gasteiger partial charge < -0.3 is 15.0 Å². The Kier molecular flexibility index (Phi) is 4.97. The molecule has 5 heteroatoms. The average Bonchev–Trinajstić information content (AvgIpc) is 3.17. The number of hydrogen-bond donors (Lipinski definition) is 1.